The second kappa shape index (κ2) is 5.46. The van der Waals surface area contributed by atoms with Crippen molar-refractivity contribution in [3.63, 3.8) is 0 Å². The summed E-state index contributed by atoms with van der Waals surface area (Å²) in [6.45, 7) is 6.05. The number of hydrogen-bond donors (Lipinski definition) is 2. The van der Waals surface area contributed by atoms with Crippen molar-refractivity contribution in [1.82, 2.24) is 10.6 Å². The van der Waals surface area contributed by atoms with E-state index in [1.807, 2.05) is 6.92 Å². The molecule has 0 aromatic carbocycles. The Kier molecular flexibility index (Phi) is 3.96. The van der Waals surface area contributed by atoms with Crippen LogP contribution in [0, 0.1) is 5.92 Å². The van der Waals surface area contributed by atoms with Gasteiger partial charge in [0.1, 0.15) is 0 Å². The summed E-state index contributed by atoms with van der Waals surface area (Å²) in [6.07, 6.45) is 2.28. The molecule has 0 aromatic heterocycles. The Hall–Kier alpha value is -0.870. The topological polar surface area (TPSA) is 50.4 Å². The van der Waals surface area contributed by atoms with Crippen LogP contribution in [0.25, 0.3) is 0 Å². The van der Waals surface area contributed by atoms with Gasteiger partial charge in [-0.1, -0.05) is 0 Å². The van der Waals surface area contributed by atoms with Crippen LogP contribution in [0.4, 0.5) is 0 Å². The zero-order chi connectivity index (χ0) is 11.4. The summed E-state index contributed by atoms with van der Waals surface area (Å²) in [7, 11) is 0. The monoisotopic (exact) mass is 224 g/mol. The number of carbonyl (C=O) groups excluding carboxylic acids is 1. The van der Waals surface area contributed by atoms with Crippen molar-refractivity contribution in [3.05, 3.63) is 11.1 Å². The number of ether oxygens (including phenoxy) is 1. The molecule has 1 amide bonds. The van der Waals surface area contributed by atoms with Crippen molar-refractivity contribution in [2.24, 2.45) is 5.92 Å². The SMILES string of the molecule is CC(C(=O)NCC1CCCOC1)=C1CNC1. The number of rotatable bonds is 3. The first kappa shape index (κ1) is 11.6. The van der Waals surface area contributed by atoms with Gasteiger partial charge in [-0.05, 0) is 31.3 Å². The molecule has 0 radical (unpaired) electrons. The predicted molar refractivity (Wildman–Crippen MR) is 62.1 cm³/mol. The van der Waals surface area contributed by atoms with Crippen LogP contribution >= 0.6 is 0 Å². The Balaban J connectivity index is 1.74. The van der Waals surface area contributed by atoms with Gasteiger partial charge in [-0.2, -0.15) is 0 Å². The molecule has 0 aromatic rings. The molecule has 2 heterocycles. The average Bonchev–Trinajstić information content (AvgIpc) is 2.25. The lowest BCUT2D eigenvalue weighted by Crippen LogP contribution is -2.39. The van der Waals surface area contributed by atoms with Gasteiger partial charge in [0.05, 0.1) is 6.61 Å². The van der Waals surface area contributed by atoms with Crippen LogP contribution in [-0.4, -0.2) is 38.8 Å². The summed E-state index contributed by atoms with van der Waals surface area (Å²) < 4.78 is 5.38. The highest BCUT2D eigenvalue weighted by molar-refractivity contribution is 5.93. The molecular weight excluding hydrogens is 204 g/mol. The molecule has 0 saturated carbocycles. The van der Waals surface area contributed by atoms with Crippen LogP contribution in [0.3, 0.4) is 0 Å². The van der Waals surface area contributed by atoms with Crippen LogP contribution in [0.1, 0.15) is 19.8 Å². The standard InChI is InChI=1S/C12H20N2O2/c1-9(11-6-13-7-11)12(15)14-5-10-3-2-4-16-8-10/h10,13H,2-8H2,1H3,(H,14,15). The Morgan fingerprint density at radius 3 is 2.94 bits per heavy atom. The number of nitrogens with one attached hydrogen (secondary N) is 2. The zero-order valence-electron chi connectivity index (χ0n) is 9.84. The second-order valence-corrected chi connectivity index (χ2v) is 4.63. The molecule has 2 saturated heterocycles. The lowest BCUT2D eigenvalue weighted by molar-refractivity contribution is -0.117. The molecule has 2 aliphatic rings. The van der Waals surface area contributed by atoms with Crippen LogP contribution in [0.5, 0.6) is 0 Å². The lowest BCUT2D eigenvalue weighted by atomic mass is 10.0. The largest absolute Gasteiger partial charge is 0.381 e. The third-order valence-electron chi connectivity index (χ3n) is 3.35. The van der Waals surface area contributed by atoms with E-state index in [0.29, 0.717) is 5.92 Å². The van der Waals surface area contributed by atoms with E-state index < -0.39 is 0 Å². The maximum Gasteiger partial charge on any atom is 0.246 e. The summed E-state index contributed by atoms with van der Waals surface area (Å²) in [5.74, 6) is 0.581. The molecule has 0 aliphatic carbocycles. The molecule has 0 bridgehead atoms. The van der Waals surface area contributed by atoms with Crippen LogP contribution in [0.2, 0.25) is 0 Å². The number of hydrogen-bond acceptors (Lipinski definition) is 3. The van der Waals surface area contributed by atoms with E-state index in [2.05, 4.69) is 10.6 Å². The maximum atomic E-state index is 11.8. The van der Waals surface area contributed by atoms with Crippen molar-refractivity contribution in [3.8, 4) is 0 Å². The molecule has 1 unspecified atom stereocenters. The molecular formula is C12H20N2O2. The zero-order valence-corrected chi connectivity index (χ0v) is 9.84. The minimum Gasteiger partial charge on any atom is -0.381 e. The third kappa shape index (κ3) is 2.83. The predicted octanol–water partition coefficient (Wildman–Crippen LogP) is 0.449. The molecule has 4 nitrogen and oxygen atoms in total. The normalized spacial score (nSPS) is 24.8. The third-order valence-corrected chi connectivity index (χ3v) is 3.35. The minimum atomic E-state index is 0.0853. The molecule has 2 fully saturated rings. The van der Waals surface area contributed by atoms with Gasteiger partial charge in [-0.25, -0.2) is 0 Å². The highest BCUT2D eigenvalue weighted by Crippen LogP contribution is 2.13. The van der Waals surface area contributed by atoms with Gasteiger partial charge in [-0.15, -0.1) is 0 Å². The summed E-state index contributed by atoms with van der Waals surface area (Å²) >= 11 is 0. The van der Waals surface area contributed by atoms with Crippen LogP contribution in [0.15, 0.2) is 11.1 Å². The maximum absolute atomic E-state index is 11.8. The Morgan fingerprint density at radius 2 is 2.38 bits per heavy atom. The van der Waals surface area contributed by atoms with E-state index in [1.165, 1.54) is 5.57 Å². The van der Waals surface area contributed by atoms with Crippen LogP contribution in [-0.2, 0) is 9.53 Å². The molecule has 4 heteroatoms. The van der Waals surface area contributed by atoms with Gasteiger partial charge in [0.15, 0.2) is 0 Å². The van der Waals surface area contributed by atoms with E-state index in [4.69, 9.17) is 4.74 Å². The average molecular weight is 224 g/mol. The van der Waals surface area contributed by atoms with E-state index in [0.717, 1.165) is 51.3 Å². The molecule has 2 aliphatic heterocycles. The van der Waals surface area contributed by atoms with Crippen molar-refractivity contribution >= 4 is 5.91 Å². The summed E-state index contributed by atoms with van der Waals surface area (Å²) in [4.78, 5) is 11.8. The first-order valence-corrected chi connectivity index (χ1v) is 6.02. The fraction of sp³-hybridized carbons (Fsp3) is 0.750. The summed E-state index contributed by atoms with van der Waals surface area (Å²) in [5, 5.41) is 6.14. The van der Waals surface area contributed by atoms with Gasteiger partial charge in [-0.3, -0.25) is 4.79 Å². The summed E-state index contributed by atoms with van der Waals surface area (Å²) in [6, 6.07) is 0. The highest BCUT2D eigenvalue weighted by Gasteiger charge is 2.18. The number of amides is 1. The van der Waals surface area contributed by atoms with E-state index >= 15 is 0 Å². The van der Waals surface area contributed by atoms with Crippen molar-refractivity contribution in [2.75, 3.05) is 32.8 Å². The smallest absolute Gasteiger partial charge is 0.246 e. The highest BCUT2D eigenvalue weighted by atomic mass is 16.5. The van der Waals surface area contributed by atoms with E-state index in [9.17, 15) is 4.79 Å². The van der Waals surface area contributed by atoms with Gasteiger partial charge in [0.2, 0.25) is 5.91 Å². The molecule has 16 heavy (non-hydrogen) atoms. The Labute approximate surface area is 96.4 Å². The first-order chi connectivity index (χ1) is 7.77. The van der Waals surface area contributed by atoms with Crippen molar-refractivity contribution in [2.45, 2.75) is 19.8 Å². The fourth-order valence-corrected chi connectivity index (χ4v) is 2.01. The summed E-state index contributed by atoms with van der Waals surface area (Å²) in [5.41, 5.74) is 2.12. The molecule has 90 valence electrons. The van der Waals surface area contributed by atoms with E-state index in [1.54, 1.807) is 0 Å². The van der Waals surface area contributed by atoms with E-state index in [-0.39, 0.29) is 5.91 Å². The Bertz CT molecular complexity index is 287. The molecule has 2 N–H and O–H groups in total. The molecule has 0 spiro atoms. The van der Waals surface area contributed by atoms with Gasteiger partial charge in [0, 0.05) is 31.8 Å². The van der Waals surface area contributed by atoms with Gasteiger partial charge in [0.25, 0.3) is 0 Å². The van der Waals surface area contributed by atoms with Crippen molar-refractivity contribution in [1.29, 1.82) is 0 Å². The van der Waals surface area contributed by atoms with Crippen LogP contribution < -0.4 is 10.6 Å². The molecule has 2 rings (SSSR count). The van der Waals surface area contributed by atoms with Crippen molar-refractivity contribution < 1.29 is 9.53 Å². The fourth-order valence-electron chi connectivity index (χ4n) is 2.01. The lowest BCUT2D eigenvalue weighted by Gasteiger charge is -2.24. The van der Waals surface area contributed by atoms with Gasteiger partial charge >= 0.3 is 0 Å². The second-order valence-electron chi connectivity index (χ2n) is 4.63. The quantitative estimate of drug-likeness (QED) is 0.684. The molecule has 1 atom stereocenters. The number of carbonyl (C=O) groups is 1. The Morgan fingerprint density at radius 1 is 1.56 bits per heavy atom. The minimum absolute atomic E-state index is 0.0853. The first-order valence-electron chi connectivity index (χ1n) is 6.02. The van der Waals surface area contributed by atoms with Gasteiger partial charge < -0.3 is 15.4 Å².